The second kappa shape index (κ2) is 6.09. The van der Waals surface area contributed by atoms with Gasteiger partial charge < -0.3 is 9.64 Å². The monoisotopic (exact) mass is 291 g/mol. The van der Waals surface area contributed by atoms with Crippen molar-refractivity contribution in [3.63, 3.8) is 0 Å². The van der Waals surface area contributed by atoms with Crippen LogP contribution in [0.4, 0.5) is 11.5 Å². The smallest absolute Gasteiger partial charge is 0.141 e. The Kier molecular flexibility index (Phi) is 4.45. The van der Waals surface area contributed by atoms with Crippen molar-refractivity contribution in [2.45, 2.75) is 19.8 Å². The lowest BCUT2D eigenvalue weighted by atomic mass is 10.1. The number of aromatic nitrogens is 2. The van der Waals surface area contributed by atoms with Crippen molar-refractivity contribution in [2.75, 3.05) is 19.1 Å². The maximum atomic E-state index is 6.21. The van der Waals surface area contributed by atoms with Gasteiger partial charge in [0, 0.05) is 18.3 Å². The van der Waals surface area contributed by atoms with E-state index in [1.165, 1.54) is 6.33 Å². The maximum absolute atomic E-state index is 6.21. The fourth-order valence-corrected chi connectivity index (χ4v) is 2.40. The van der Waals surface area contributed by atoms with Gasteiger partial charge in [-0.05, 0) is 30.2 Å². The summed E-state index contributed by atoms with van der Waals surface area (Å²) in [6.45, 7) is 4.16. The normalized spacial score (nSPS) is 10.7. The van der Waals surface area contributed by atoms with E-state index >= 15 is 0 Å². The lowest BCUT2D eigenvalue weighted by Gasteiger charge is -2.23. The van der Waals surface area contributed by atoms with Crippen LogP contribution in [0.5, 0.6) is 5.75 Å². The molecule has 0 unspecified atom stereocenters. The minimum Gasteiger partial charge on any atom is -0.497 e. The van der Waals surface area contributed by atoms with Crippen molar-refractivity contribution in [1.29, 1.82) is 0 Å². The molecule has 4 nitrogen and oxygen atoms in total. The molecule has 0 aliphatic rings. The number of ether oxygens (including phenoxy) is 1. The molecule has 0 atom stereocenters. The molecule has 0 N–H and O–H groups in total. The first-order valence-corrected chi connectivity index (χ1v) is 6.80. The molecule has 20 heavy (non-hydrogen) atoms. The SMILES string of the molecule is COc1ccc(N(C)c2ncnc(Cl)c2C(C)C)cc1. The average molecular weight is 292 g/mol. The first kappa shape index (κ1) is 14.6. The summed E-state index contributed by atoms with van der Waals surface area (Å²) in [7, 11) is 3.62. The number of benzene rings is 1. The molecule has 0 saturated carbocycles. The van der Waals surface area contributed by atoms with Crippen LogP contribution in [0, 0.1) is 0 Å². The minimum atomic E-state index is 0.249. The van der Waals surface area contributed by atoms with E-state index in [0.717, 1.165) is 22.8 Å². The Balaban J connectivity index is 2.42. The minimum absolute atomic E-state index is 0.249. The molecule has 0 saturated heterocycles. The van der Waals surface area contributed by atoms with Gasteiger partial charge in [0.25, 0.3) is 0 Å². The van der Waals surface area contributed by atoms with Crippen molar-refractivity contribution in [3.05, 3.63) is 41.3 Å². The standard InChI is InChI=1S/C15H18ClN3O/c1-10(2)13-14(16)17-9-18-15(13)19(3)11-5-7-12(20-4)8-6-11/h5-10H,1-4H3. The van der Waals surface area contributed by atoms with E-state index in [4.69, 9.17) is 16.3 Å². The number of nitrogens with zero attached hydrogens (tertiary/aromatic N) is 3. The van der Waals surface area contributed by atoms with Gasteiger partial charge in [0.1, 0.15) is 23.0 Å². The van der Waals surface area contributed by atoms with E-state index < -0.39 is 0 Å². The van der Waals surface area contributed by atoms with Crippen LogP contribution in [0.25, 0.3) is 0 Å². The zero-order valence-electron chi connectivity index (χ0n) is 12.1. The summed E-state index contributed by atoms with van der Waals surface area (Å²) in [5.74, 6) is 1.90. The van der Waals surface area contributed by atoms with Crippen molar-refractivity contribution >= 4 is 23.1 Å². The highest BCUT2D eigenvalue weighted by Crippen LogP contribution is 2.33. The third-order valence-corrected chi connectivity index (χ3v) is 3.47. The number of rotatable bonds is 4. The highest BCUT2D eigenvalue weighted by molar-refractivity contribution is 6.30. The second-order valence-corrected chi connectivity index (χ2v) is 5.17. The Hall–Kier alpha value is -1.81. The Morgan fingerprint density at radius 3 is 2.35 bits per heavy atom. The van der Waals surface area contributed by atoms with Crippen molar-refractivity contribution in [3.8, 4) is 5.75 Å². The first-order valence-electron chi connectivity index (χ1n) is 6.42. The number of hydrogen-bond acceptors (Lipinski definition) is 4. The zero-order chi connectivity index (χ0) is 14.7. The quantitative estimate of drug-likeness (QED) is 0.797. The number of methoxy groups -OCH3 is 1. The molecule has 2 rings (SSSR count). The zero-order valence-corrected chi connectivity index (χ0v) is 12.8. The highest BCUT2D eigenvalue weighted by atomic mass is 35.5. The molecule has 0 spiro atoms. The molecule has 0 bridgehead atoms. The molecule has 1 aromatic carbocycles. The summed E-state index contributed by atoms with van der Waals surface area (Å²) in [5, 5.41) is 0.505. The third-order valence-electron chi connectivity index (χ3n) is 3.17. The van der Waals surface area contributed by atoms with E-state index in [0.29, 0.717) is 5.15 Å². The summed E-state index contributed by atoms with van der Waals surface area (Å²) in [6, 6.07) is 7.81. The molecule has 0 aliphatic carbocycles. The van der Waals surface area contributed by atoms with Gasteiger partial charge >= 0.3 is 0 Å². The second-order valence-electron chi connectivity index (χ2n) is 4.81. The molecule has 2 aromatic rings. The van der Waals surface area contributed by atoms with Gasteiger partial charge in [0.15, 0.2) is 0 Å². The van der Waals surface area contributed by atoms with Crippen LogP contribution in [-0.2, 0) is 0 Å². The van der Waals surface area contributed by atoms with Gasteiger partial charge in [0.2, 0.25) is 0 Å². The van der Waals surface area contributed by atoms with Gasteiger partial charge in [-0.15, -0.1) is 0 Å². The Bertz CT molecular complexity index is 584. The van der Waals surface area contributed by atoms with Crippen LogP contribution >= 0.6 is 11.6 Å². The largest absolute Gasteiger partial charge is 0.497 e. The van der Waals surface area contributed by atoms with Gasteiger partial charge in [-0.25, -0.2) is 9.97 Å². The summed E-state index contributed by atoms with van der Waals surface area (Å²) in [6.07, 6.45) is 1.49. The summed E-state index contributed by atoms with van der Waals surface area (Å²) >= 11 is 6.21. The van der Waals surface area contributed by atoms with E-state index in [-0.39, 0.29) is 5.92 Å². The summed E-state index contributed by atoms with van der Waals surface area (Å²) in [4.78, 5) is 10.5. The Labute approximate surface area is 124 Å². The molecule has 106 valence electrons. The fraction of sp³-hybridized carbons (Fsp3) is 0.333. The number of anilines is 2. The Morgan fingerprint density at radius 2 is 1.80 bits per heavy atom. The summed E-state index contributed by atoms with van der Waals surface area (Å²) in [5.41, 5.74) is 1.97. The average Bonchev–Trinajstić information content (AvgIpc) is 2.46. The molecular formula is C15H18ClN3O. The third kappa shape index (κ3) is 2.85. The maximum Gasteiger partial charge on any atom is 0.141 e. The van der Waals surface area contributed by atoms with Crippen LogP contribution in [0.3, 0.4) is 0 Å². The van der Waals surface area contributed by atoms with Gasteiger partial charge in [-0.2, -0.15) is 0 Å². The molecule has 0 aliphatic heterocycles. The van der Waals surface area contributed by atoms with E-state index in [2.05, 4.69) is 23.8 Å². The molecular weight excluding hydrogens is 274 g/mol. The van der Waals surface area contributed by atoms with Crippen LogP contribution in [0.2, 0.25) is 5.15 Å². The predicted molar refractivity (Wildman–Crippen MR) is 82.2 cm³/mol. The summed E-state index contributed by atoms with van der Waals surface area (Å²) < 4.78 is 5.17. The topological polar surface area (TPSA) is 38.2 Å². The van der Waals surface area contributed by atoms with Crippen LogP contribution in [-0.4, -0.2) is 24.1 Å². The molecule has 1 aromatic heterocycles. The fourth-order valence-electron chi connectivity index (χ4n) is 2.06. The van der Waals surface area contributed by atoms with Crippen molar-refractivity contribution in [2.24, 2.45) is 0 Å². The van der Waals surface area contributed by atoms with Gasteiger partial charge in [0.05, 0.1) is 7.11 Å². The molecule has 0 fully saturated rings. The van der Waals surface area contributed by atoms with Crippen LogP contribution in [0.15, 0.2) is 30.6 Å². The van der Waals surface area contributed by atoms with Crippen LogP contribution < -0.4 is 9.64 Å². The van der Waals surface area contributed by atoms with E-state index in [1.54, 1.807) is 7.11 Å². The van der Waals surface area contributed by atoms with Crippen LogP contribution in [0.1, 0.15) is 25.3 Å². The molecule has 1 heterocycles. The highest BCUT2D eigenvalue weighted by Gasteiger charge is 2.17. The lowest BCUT2D eigenvalue weighted by Crippen LogP contribution is -2.15. The van der Waals surface area contributed by atoms with Crippen molar-refractivity contribution < 1.29 is 4.74 Å². The van der Waals surface area contributed by atoms with Crippen molar-refractivity contribution in [1.82, 2.24) is 9.97 Å². The number of hydrogen-bond donors (Lipinski definition) is 0. The molecule has 5 heteroatoms. The van der Waals surface area contributed by atoms with Gasteiger partial charge in [-0.1, -0.05) is 25.4 Å². The van der Waals surface area contributed by atoms with E-state index in [1.807, 2.05) is 36.2 Å². The van der Waals surface area contributed by atoms with Gasteiger partial charge in [-0.3, -0.25) is 0 Å². The first-order chi connectivity index (χ1) is 9.54. The molecule has 0 amide bonds. The lowest BCUT2D eigenvalue weighted by molar-refractivity contribution is 0.415. The Morgan fingerprint density at radius 1 is 1.15 bits per heavy atom. The predicted octanol–water partition coefficient (Wildman–Crippen LogP) is 4.03. The van der Waals surface area contributed by atoms with E-state index in [9.17, 15) is 0 Å². The molecule has 0 radical (unpaired) electrons. The number of halogens is 1.